The summed E-state index contributed by atoms with van der Waals surface area (Å²) in [5, 5.41) is 3.76. The Morgan fingerprint density at radius 3 is 2.29 bits per heavy atom. The maximum Gasteiger partial charge on any atom is 0.309 e. The van der Waals surface area contributed by atoms with Crippen LogP contribution >= 0.6 is 23.2 Å². The van der Waals surface area contributed by atoms with Crippen LogP contribution in [0.25, 0.3) is 0 Å². The lowest BCUT2D eigenvalue weighted by Gasteiger charge is -2.19. The molecule has 1 aromatic carbocycles. The van der Waals surface area contributed by atoms with Crippen LogP contribution in [-0.2, 0) is 14.3 Å². The van der Waals surface area contributed by atoms with Gasteiger partial charge in [-0.15, -0.1) is 0 Å². The predicted molar refractivity (Wildman–Crippen MR) is 83.4 cm³/mol. The first kappa shape index (κ1) is 17.8. The van der Waals surface area contributed by atoms with Crippen molar-refractivity contribution in [3.8, 4) is 0 Å². The molecule has 0 aliphatic rings. The second-order valence-electron chi connectivity index (χ2n) is 5.13. The van der Waals surface area contributed by atoms with E-state index in [1.165, 1.54) is 6.92 Å². The van der Waals surface area contributed by atoms with Crippen molar-refractivity contribution in [3.05, 3.63) is 33.8 Å². The Bertz CT molecular complexity index is 532. The third kappa shape index (κ3) is 5.21. The summed E-state index contributed by atoms with van der Waals surface area (Å²) in [6.45, 7) is 6.75. The molecule has 1 rings (SSSR count). The van der Waals surface area contributed by atoms with Gasteiger partial charge in [0.1, 0.15) is 0 Å². The van der Waals surface area contributed by atoms with E-state index in [1.54, 1.807) is 39.0 Å². The first-order valence-electron chi connectivity index (χ1n) is 6.68. The fourth-order valence-electron chi connectivity index (χ4n) is 1.63. The number of hydrogen-bond acceptors (Lipinski definition) is 3. The summed E-state index contributed by atoms with van der Waals surface area (Å²) in [6.07, 6.45) is -0.853. The molecule has 0 unspecified atom stereocenters. The lowest BCUT2D eigenvalue weighted by atomic mass is 10.1. The Morgan fingerprint density at radius 2 is 1.76 bits per heavy atom. The second kappa shape index (κ2) is 7.66. The molecule has 0 saturated heterocycles. The summed E-state index contributed by atoms with van der Waals surface area (Å²) < 4.78 is 5.05. The van der Waals surface area contributed by atoms with Crippen LogP contribution in [-0.4, -0.2) is 18.0 Å². The van der Waals surface area contributed by atoms with Gasteiger partial charge in [-0.05, 0) is 31.5 Å². The molecule has 0 saturated carbocycles. The second-order valence-corrected chi connectivity index (χ2v) is 5.97. The van der Waals surface area contributed by atoms with E-state index in [0.29, 0.717) is 10.0 Å². The number of amides is 1. The summed E-state index contributed by atoms with van der Waals surface area (Å²) in [5.41, 5.74) is 0.747. The van der Waals surface area contributed by atoms with Gasteiger partial charge in [-0.1, -0.05) is 43.1 Å². The van der Waals surface area contributed by atoms with Crippen LogP contribution in [0.3, 0.4) is 0 Å². The molecule has 1 N–H and O–H groups in total. The molecule has 4 nitrogen and oxygen atoms in total. The van der Waals surface area contributed by atoms with Gasteiger partial charge in [0, 0.05) is 10.0 Å². The van der Waals surface area contributed by atoms with Crippen LogP contribution in [0.15, 0.2) is 18.2 Å². The largest absolute Gasteiger partial charge is 0.452 e. The number of nitrogens with one attached hydrogen (secondary N) is 1. The molecule has 0 spiro atoms. The minimum atomic E-state index is -0.853. The minimum Gasteiger partial charge on any atom is -0.452 e. The Labute approximate surface area is 134 Å². The lowest BCUT2D eigenvalue weighted by Crippen LogP contribution is -2.38. The van der Waals surface area contributed by atoms with E-state index in [-0.39, 0.29) is 17.9 Å². The average Bonchev–Trinajstić information content (AvgIpc) is 2.37. The van der Waals surface area contributed by atoms with Crippen LogP contribution in [0, 0.1) is 5.92 Å². The van der Waals surface area contributed by atoms with E-state index in [1.807, 2.05) is 0 Å². The summed E-state index contributed by atoms with van der Waals surface area (Å²) in [6, 6.07) is 4.75. The van der Waals surface area contributed by atoms with Gasteiger partial charge < -0.3 is 10.1 Å². The van der Waals surface area contributed by atoms with Crippen molar-refractivity contribution in [3.63, 3.8) is 0 Å². The number of rotatable bonds is 5. The first-order valence-corrected chi connectivity index (χ1v) is 7.43. The number of carbonyl (C=O) groups is 2. The van der Waals surface area contributed by atoms with E-state index in [0.717, 1.165) is 5.56 Å². The molecule has 0 aromatic heterocycles. The highest BCUT2D eigenvalue weighted by Crippen LogP contribution is 2.26. The molecular formula is C15H19Cl2NO3. The molecule has 6 heteroatoms. The summed E-state index contributed by atoms with van der Waals surface area (Å²) in [5.74, 6) is -1.05. The van der Waals surface area contributed by atoms with Gasteiger partial charge in [0.25, 0.3) is 5.91 Å². The van der Waals surface area contributed by atoms with Crippen LogP contribution in [0.1, 0.15) is 39.3 Å². The molecule has 0 fully saturated rings. The number of carbonyl (C=O) groups excluding carboxylic acids is 2. The van der Waals surface area contributed by atoms with E-state index < -0.39 is 12.1 Å². The Hall–Kier alpha value is -1.26. The molecule has 1 aromatic rings. The number of ether oxygens (including phenoxy) is 1. The highest BCUT2D eigenvalue weighted by Gasteiger charge is 2.22. The van der Waals surface area contributed by atoms with Gasteiger partial charge in [0.05, 0.1) is 12.0 Å². The highest BCUT2D eigenvalue weighted by molar-refractivity contribution is 6.35. The van der Waals surface area contributed by atoms with Crippen LogP contribution < -0.4 is 5.32 Å². The zero-order valence-electron chi connectivity index (χ0n) is 12.4. The van der Waals surface area contributed by atoms with Crippen molar-refractivity contribution < 1.29 is 14.3 Å². The fourth-order valence-corrected chi connectivity index (χ4v) is 2.20. The van der Waals surface area contributed by atoms with E-state index in [4.69, 9.17) is 27.9 Å². The highest BCUT2D eigenvalue weighted by atomic mass is 35.5. The predicted octanol–water partition coefficient (Wildman–Crippen LogP) is 3.76. The minimum absolute atomic E-state index is 0.275. The van der Waals surface area contributed by atoms with Gasteiger partial charge in [0.15, 0.2) is 6.10 Å². The zero-order valence-corrected chi connectivity index (χ0v) is 14.0. The summed E-state index contributed by atoms with van der Waals surface area (Å²) in [7, 11) is 0. The molecule has 0 radical (unpaired) electrons. The molecule has 0 aliphatic heterocycles. The molecule has 116 valence electrons. The molecule has 0 heterocycles. The SMILES string of the molecule is CC(C)C(=O)O[C@H](C)C(=O)N[C@H](C)c1ccc(Cl)cc1Cl. The topological polar surface area (TPSA) is 55.4 Å². The van der Waals surface area contributed by atoms with Crippen LogP contribution in [0.4, 0.5) is 0 Å². The summed E-state index contributed by atoms with van der Waals surface area (Å²) >= 11 is 11.9. The van der Waals surface area contributed by atoms with Crippen molar-refractivity contribution in [2.24, 2.45) is 5.92 Å². The van der Waals surface area contributed by atoms with E-state index in [9.17, 15) is 9.59 Å². The number of hydrogen-bond donors (Lipinski definition) is 1. The van der Waals surface area contributed by atoms with Crippen molar-refractivity contribution in [2.45, 2.75) is 39.8 Å². The maximum absolute atomic E-state index is 12.0. The molecular weight excluding hydrogens is 313 g/mol. The molecule has 1 amide bonds. The first-order chi connectivity index (χ1) is 9.72. The lowest BCUT2D eigenvalue weighted by molar-refractivity contribution is -0.158. The monoisotopic (exact) mass is 331 g/mol. The van der Waals surface area contributed by atoms with Crippen LogP contribution in [0.5, 0.6) is 0 Å². The van der Waals surface area contributed by atoms with Gasteiger partial charge in [-0.3, -0.25) is 9.59 Å². The molecule has 0 aliphatic carbocycles. The molecule has 2 atom stereocenters. The number of halogens is 2. The van der Waals surface area contributed by atoms with Crippen LogP contribution in [0.2, 0.25) is 10.0 Å². The zero-order chi connectivity index (χ0) is 16.2. The molecule has 21 heavy (non-hydrogen) atoms. The number of benzene rings is 1. The number of esters is 1. The van der Waals surface area contributed by atoms with Gasteiger partial charge in [-0.2, -0.15) is 0 Å². The fraction of sp³-hybridized carbons (Fsp3) is 0.467. The smallest absolute Gasteiger partial charge is 0.309 e. The Morgan fingerprint density at radius 1 is 1.14 bits per heavy atom. The van der Waals surface area contributed by atoms with Crippen molar-refractivity contribution in [2.75, 3.05) is 0 Å². The quantitative estimate of drug-likeness (QED) is 0.836. The van der Waals surface area contributed by atoms with Crippen molar-refractivity contribution in [1.82, 2.24) is 5.32 Å². The van der Waals surface area contributed by atoms with Gasteiger partial charge >= 0.3 is 5.97 Å². The van der Waals surface area contributed by atoms with Gasteiger partial charge in [0.2, 0.25) is 0 Å². The standard InChI is InChI=1S/C15H19Cl2NO3/c1-8(2)15(20)21-10(4)14(19)18-9(3)12-6-5-11(16)7-13(12)17/h5-10H,1-4H3,(H,18,19)/t9-,10-/m1/s1. The van der Waals surface area contributed by atoms with E-state index in [2.05, 4.69) is 5.32 Å². The normalized spacial score (nSPS) is 13.7. The average molecular weight is 332 g/mol. The van der Waals surface area contributed by atoms with Crippen molar-refractivity contribution >= 4 is 35.1 Å². The van der Waals surface area contributed by atoms with E-state index >= 15 is 0 Å². The Balaban J connectivity index is 2.67. The molecule has 0 bridgehead atoms. The Kier molecular flexibility index (Phi) is 6.49. The van der Waals surface area contributed by atoms with Crippen molar-refractivity contribution in [1.29, 1.82) is 0 Å². The third-order valence-electron chi connectivity index (χ3n) is 2.92. The maximum atomic E-state index is 12.0. The third-order valence-corrected chi connectivity index (χ3v) is 3.48. The van der Waals surface area contributed by atoms with Gasteiger partial charge in [-0.25, -0.2) is 0 Å². The summed E-state index contributed by atoms with van der Waals surface area (Å²) in [4.78, 5) is 23.5.